The number of ketones is 1. The predicted molar refractivity (Wildman–Crippen MR) is 91.4 cm³/mol. The maximum absolute atomic E-state index is 11.6. The molecule has 1 heterocycles. The van der Waals surface area contributed by atoms with Crippen LogP contribution in [-0.4, -0.2) is 28.3 Å². The molecule has 1 fully saturated rings. The minimum absolute atomic E-state index is 0.107. The molecule has 1 unspecified atom stereocenters. The maximum atomic E-state index is 11.6. The van der Waals surface area contributed by atoms with Crippen LogP contribution in [0.15, 0.2) is 18.3 Å². The number of nitrogens with zero attached hydrogens (tertiary/aromatic N) is 1. The zero-order valence-electron chi connectivity index (χ0n) is 13.6. The summed E-state index contributed by atoms with van der Waals surface area (Å²) in [4.78, 5) is 16.0. The average Bonchev–Trinajstić information content (AvgIpc) is 2.43. The van der Waals surface area contributed by atoms with Crippen LogP contribution in [-0.2, 0) is 11.2 Å². The van der Waals surface area contributed by atoms with Gasteiger partial charge in [0, 0.05) is 36.0 Å². The Kier molecular flexibility index (Phi) is 6.26. The van der Waals surface area contributed by atoms with Crippen LogP contribution in [0.2, 0.25) is 0 Å². The van der Waals surface area contributed by atoms with Crippen molar-refractivity contribution in [2.75, 3.05) is 0 Å². The van der Waals surface area contributed by atoms with Crippen LogP contribution in [0.3, 0.4) is 0 Å². The monoisotopic (exact) mass is 322 g/mol. The number of hydrogen-bond donors (Lipinski definition) is 2. The normalized spacial score (nSPS) is 22.2. The van der Waals surface area contributed by atoms with Gasteiger partial charge < -0.3 is 10.1 Å². The molecule has 0 radical (unpaired) electrons. The highest BCUT2D eigenvalue weighted by molar-refractivity contribution is 7.80. The van der Waals surface area contributed by atoms with Gasteiger partial charge in [0.2, 0.25) is 5.88 Å². The molecule has 0 aromatic carbocycles. The quantitative estimate of drug-likeness (QED) is 0.571. The Hall–Kier alpha value is -1.07. The molecule has 1 aliphatic rings. The number of rotatable bonds is 8. The molecule has 1 N–H and O–H groups in total. The van der Waals surface area contributed by atoms with Crippen molar-refractivity contribution in [1.29, 1.82) is 0 Å². The summed E-state index contributed by atoms with van der Waals surface area (Å²) in [5.74, 6) is 1.07. The SMILES string of the molecule is CC(S)NC1CC(Oc2ccc(CCC(=O)C(C)C)cn2)C1. The van der Waals surface area contributed by atoms with Crippen LogP contribution < -0.4 is 10.1 Å². The standard InChI is InChI=1S/C17H26N2O2S/c1-11(2)16(20)6-4-13-5-7-17(18-10-13)21-15-8-14(9-15)19-12(3)22/h5,7,10-12,14-15,19,22H,4,6,8-9H2,1-3H3. The highest BCUT2D eigenvalue weighted by Crippen LogP contribution is 2.25. The number of aromatic nitrogens is 1. The predicted octanol–water partition coefficient (Wildman–Crippen LogP) is 3.01. The van der Waals surface area contributed by atoms with Crippen LogP contribution in [0, 0.1) is 5.92 Å². The summed E-state index contributed by atoms with van der Waals surface area (Å²) < 4.78 is 5.84. The average molecular weight is 322 g/mol. The van der Waals surface area contributed by atoms with E-state index in [0.717, 1.165) is 24.8 Å². The molecule has 0 amide bonds. The molecular weight excluding hydrogens is 296 g/mol. The second-order valence-electron chi connectivity index (χ2n) is 6.38. The summed E-state index contributed by atoms with van der Waals surface area (Å²) in [6.07, 6.45) is 5.38. The maximum Gasteiger partial charge on any atom is 0.213 e. The van der Waals surface area contributed by atoms with Crippen molar-refractivity contribution in [2.45, 2.75) is 64.0 Å². The summed E-state index contributed by atoms with van der Waals surface area (Å²) in [6.45, 7) is 5.90. The largest absolute Gasteiger partial charge is 0.474 e. The van der Waals surface area contributed by atoms with Gasteiger partial charge in [-0.15, -0.1) is 0 Å². The molecule has 122 valence electrons. The summed E-state index contributed by atoms with van der Waals surface area (Å²) in [6, 6.07) is 4.40. The minimum atomic E-state index is 0.107. The van der Waals surface area contributed by atoms with E-state index in [1.54, 1.807) is 0 Å². The first-order valence-electron chi connectivity index (χ1n) is 8.02. The van der Waals surface area contributed by atoms with Gasteiger partial charge >= 0.3 is 0 Å². The zero-order chi connectivity index (χ0) is 16.1. The van der Waals surface area contributed by atoms with Crippen molar-refractivity contribution >= 4 is 18.4 Å². The van der Waals surface area contributed by atoms with Crippen LogP contribution >= 0.6 is 12.6 Å². The number of carbonyl (C=O) groups excluding carboxylic acids is 1. The third-order valence-electron chi connectivity index (χ3n) is 3.96. The molecule has 2 rings (SSSR count). The van der Waals surface area contributed by atoms with Crippen molar-refractivity contribution in [1.82, 2.24) is 10.3 Å². The first-order valence-corrected chi connectivity index (χ1v) is 8.54. The molecule has 1 aromatic rings. The third-order valence-corrected chi connectivity index (χ3v) is 4.11. The molecule has 1 aromatic heterocycles. The van der Waals surface area contributed by atoms with Crippen molar-refractivity contribution < 1.29 is 9.53 Å². The fourth-order valence-corrected chi connectivity index (χ4v) is 2.71. The van der Waals surface area contributed by atoms with E-state index in [2.05, 4.69) is 22.9 Å². The van der Waals surface area contributed by atoms with E-state index in [1.807, 2.05) is 39.1 Å². The molecule has 0 saturated heterocycles. The van der Waals surface area contributed by atoms with Crippen molar-refractivity contribution in [2.24, 2.45) is 5.92 Å². The first kappa shape index (κ1) is 17.3. The lowest BCUT2D eigenvalue weighted by molar-refractivity contribution is -0.121. The van der Waals surface area contributed by atoms with Crippen LogP contribution in [0.4, 0.5) is 0 Å². The lowest BCUT2D eigenvalue weighted by Crippen LogP contribution is -2.48. The van der Waals surface area contributed by atoms with Crippen LogP contribution in [0.5, 0.6) is 5.88 Å². The summed E-state index contributed by atoms with van der Waals surface area (Å²) >= 11 is 4.32. The Morgan fingerprint density at radius 3 is 2.68 bits per heavy atom. The molecule has 0 spiro atoms. The number of aryl methyl sites for hydroxylation is 1. The van der Waals surface area contributed by atoms with E-state index >= 15 is 0 Å². The Bertz CT molecular complexity index is 482. The molecule has 1 saturated carbocycles. The lowest BCUT2D eigenvalue weighted by atomic mass is 9.89. The number of hydrogen-bond acceptors (Lipinski definition) is 5. The van der Waals surface area contributed by atoms with Gasteiger partial charge in [0.25, 0.3) is 0 Å². The fourth-order valence-electron chi connectivity index (χ4n) is 2.49. The first-order chi connectivity index (χ1) is 10.4. The number of ether oxygens (including phenoxy) is 1. The molecule has 4 nitrogen and oxygen atoms in total. The molecule has 1 atom stereocenters. The highest BCUT2D eigenvalue weighted by Gasteiger charge is 2.31. The van der Waals surface area contributed by atoms with E-state index < -0.39 is 0 Å². The van der Waals surface area contributed by atoms with Crippen LogP contribution in [0.25, 0.3) is 0 Å². The number of pyridine rings is 1. The minimum Gasteiger partial charge on any atom is -0.474 e. The molecule has 22 heavy (non-hydrogen) atoms. The van der Waals surface area contributed by atoms with Gasteiger partial charge in [-0.25, -0.2) is 4.98 Å². The van der Waals surface area contributed by atoms with Gasteiger partial charge in [0.05, 0.1) is 0 Å². The smallest absolute Gasteiger partial charge is 0.213 e. The molecule has 1 aliphatic carbocycles. The van der Waals surface area contributed by atoms with Gasteiger partial charge in [-0.2, -0.15) is 12.6 Å². The van der Waals surface area contributed by atoms with Crippen LogP contribution in [0.1, 0.15) is 45.6 Å². The van der Waals surface area contributed by atoms with Gasteiger partial charge in [0.1, 0.15) is 11.9 Å². The molecule has 5 heteroatoms. The van der Waals surface area contributed by atoms with Crippen molar-refractivity contribution in [3.05, 3.63) is 23.9 Å². The number of thiol groups is 1. The molecule has 0 aliphatic heterocycles. The molecule has 0 bridgehead atoms. The Labute approximate surface area is 138 Å². The highest BCUT2D eigenvalue weighted by atomic mass is 32.1. The number of carbonyl (C=O) groups is 1. The van der Waals surface area contributed by atoms with E-state index in [-0.39, 0.29) is 17.4 Å². The van der Waals surface area contributed by atoms with Crippen molar-refractivity contribution in [3.63, 3.8) is 0 Å². The van der Waals surface area contributed by atoms with Crippen molar-refractivity contribution in [3.8, 4) is 5.88 Å². The third kappa shape index (κ3) is 5.29. The topological polar surface area (TPSA) is 51.2 Å². The van der Waals surface area contributed by atoms with E-state index in [1.165, 1.54) is 0 Å². The second kappa shape index (κ2) is 7.97. The van der Waals surface area contributed by atoms with E-state index in [9.17, 15) is 4.79 Å². The van der Waals surface area contributed by atoms with Gasteiger partial charge in [-0.1, -0.05) is 19.9 Å². The Morgan fingerprint density at radius 2 is 2.14 bits per heavy atom. The Morgan fingerprint density at radius 1 is 1.41 bits per heavy atom. The fraction of sp³-hybridized carbons (Fsp3) is 0.647. The summed E-state index contributed by atoms with van der Waals surface area (Å²) in [5, 5.41) is 3.59. The van der Waals surface area contributed by atoms with Gasteiger partial charge in [0.15, 0.2) is 0 Å². The Balaban J connectivity index is 1.72. The zero-order valence-corrected chi connectivity index (χ0v) is 14.5. The molecular formula is C17H26N2O2S. The summed E-state index contributed by atoms with van der Waals surface area (Å²) in [5.41, 5.74) is 1.08. The second-order valence-corrected chi connectivity index (χ2v) is 7.15. The summed E-state index contributed by atoms with van der Waals surface area (Å²) in [7, 11) is 0. The number of nitrogens with one attached hydrogen (secondary N) is 1. The van der Waals surface area contributed by atoms with Gasteiger partial charge in [-0.3, -0.25) is 4.79 Å². The number of Topliss-reactive ketones (excluding diaryl/α,β-unsaturated/α-hetero) is 1. The van der Waals surface area contributed by atoms with E-state index in [0.29, 0.717) is 24.1 Å². The van der Waals surface area contributed by atoms with E-state index in [4.69, 9.17) is 4.74 Å². The lowest BCUT2D eigenvalue weighted by Gasteiger charge is -2.36. The van der Waals surface area contributed by atoms with Gasteiger partial charge in [-0.05, 0) is 31.7 Å².